The number of aromatic nitrogens is 2. The van der Waals surface area contributed by atoms with Gasteiger partial charge in [-0.2, -0.15) is 0 Å². The number of benzene rings is 5. The number of rotatable bonds is 3. The molecule has 1 radical (unpaired) electrons. The van der Waals surface area contributed by atoms with E-state index in [-0.39, 0.29) is 31.1 Å². The third-order valence-corrected chi connectivity index (χ3v) is 8.55. The van der Waals surface area contributed by atoms with Crippen molar-refractivity contribution < 1.29 is 31.4 Å². The fourth-order valence-corrected chi connectivity index (χ4v) is 6.11. The molecule has 0 aliphatic rings. The fourth-order valence-electron chi connectivity index (χ4n) is 6.11. The molecule has 0 N–H and O–H groups in total. The van der Waals surface area contributed by atoms with Crippen molar-refractivity contribution in [1.82, 2.24) is 9.97 Å². The topological polar surface area (TPSA) is 38.9 Å². The van der Waals surface area contributed by atoms with Crippen LogP contribution < -0.4 is 0 Å². The van der Waals surface area contributed by atoms with Gasteiger partial charge in [-0.3, -0.25) is 0 Å². The van der Waals surface area contributed by atoms with Crippen LogP contribution in [0.25, 0.3) is 66.0 Å². The molecular weight excluding hydrogens is 789 g/mol. The van der Waals surface area contributed by atoms with Gasteiger partial charge in [0.05, 0.1) is 5.58 Å². The molecule has 8 rings (SSSR count). The molecule has 0 atom stereocenters. The second-order valence-electron chi connectivity index (χ2n) is 14.5. The van der Waals surface area contributed by atoms with Gasteiger partial charge in [-0.05, 0) is 79.5 Å². The maximum Gasteiger partial charge on any atom is 0.121 e. The summed E-state index contributed by atoms with van der Waals surface area (Å²) in [5.74, 6) is 0. The second-order valence-corrected chi connectivity index (χ2v) is 14.5. The van der Waals surface area contributed by atoms with Crippen molar-refractivity contribution in [3.8, 4) is 22.5 Å². The summed E-state index contributed by atoms with van der Waals surface area (Å²) < 4.78 is 45.0. The van der Waals surface area contributed by atoms with Crippen LogP contribution in [0.5, 0.6) is 0 Å². The van der Waals surface area contributed by atoms with Crippen LogP contribution in [0, 0.1) is 24.4 Å². The molecule has 0 saturated carbocycles. The largest absolute Gasteiger partial charge is 0.501 e. The van der Waals surface area contributed by atoms with Crippen LogP contribution >= 0.6 is 0 Å². The Hall–Kier alpha value is -4.63. The molecule has 0 unspecified atom stereocenters. The zero-order valence-corrected chi connectivity index (χ0v) is 31.5. The van der Waals surface area contributed by atoms with E-state index in [2.05, 4.69) is 110 Å². The van der Waals surface area contributed by atoms with Crippen LogP contribution in [0.15, 0.2) is 120 Å². The summed E-state index contributed by atoms with van der Waals surface area (Å²) in [6.07, 6.45) is 1.92. The SMILES string of the molecule is CC(C)(C)c1ccnc(-c2[c-]ccc3c2oc2cc4c(ccc5ccccc54)cc23)c1.[2H]C([2H])([2H])c1c[c-]c(-c2ccc(C([2H])([2H])C(C)(C)C)cn2)cc1.[Ir]. The molecule has 3 aromatic heterocycles. The summed E-state index contributed by atoms with van der Waals surface area (Å²) in [5.41, 5.74) is 6.38. The summed E-state index contributed by atoms with van der Waals surface area (Å²) in [6.45, 7) is 10.1. The smallest absolute Gasteiger partial charge is 0.121 e. The Balaban J connectivity index is 0.000000193. The first-order valence-electron chi connectivity index (χ1n) is 19.1. The van der Waals surface area contributed by atoms with Crippen LogP contribution in [0.2, 0.25) is 0 Å². The maximum atomic E-state index is 8.25. The second kappa shape index (κ2) is 13.9. The van der Waals surface area contributed by atoms with E-state index in [0.717, 1.165) is 33.2 Å². The average Bonchev–Trinajstić information content (AvgIpc) is 3.51. The van der Waals surface area contributed by atoms with Crippen molar-refractivity contribution in [2.75, 3.05) is 0 Å². The molecular formula is C46H42IrN2O-2. The minimum atomic E-state index is -2.14. The first-order chi connectivity index (χ1) is 25.4. The van der Waals surface area contributed by atoms with Crippen molar-refractivity contribution in [2.24, 2.45) is 5.41 Å². The summed E-state index contributed by atoms with van der Waals surface area (Å²) in [7, 11) is 0. The molecule has 0 spiro atoms. The number of fused-ring (bicyclic) bond motifs is 6. The monoisotopic (exact) mass is 836 g/mol. The fraction of sp³-hybridized carbons (Fsp3) is 0.217. The zero-order valence-electron chi connectivity index (χ0n) is 34.1. The zero-order chi connectivity index (χ0) is 38.6. The van der Waals surface area contributed by atoms with Crippen LogP contribution in [-0.4, -0.2) is 9.97 Å². The number of pyridine rings is 2. The predicted molar refractivity (Wildman–Crippen MR) is 206 cm³/mol. The predicted octanol–water partition coefficient (Wildman–Crippen LogP) is 12.5. The van der Waals surface area contributed by atoms with Gasteiger partial charge in [0.25, 0.3) is 0 Å². The van der Waals surface area contributed by atoms with Gasteiger partial charge in [0, 0.05) is 44.7 Å². The molecule has 0 bridgehead atoms. The van der Waals surface area contributed by atoms with E-state index in [0.29, 0.717) is 16.8 Å². The van der Waals surface area contributed by atoms with Crippen molar-refractivity contribution in [3.63, 3.8) is 0 Å². The van der Waals surface area contributed by atoms with E-state index in [9.17, 15) is 0 Å². The Morgan fingerprint density at radius 3 is 2.28 bits per heavy atom. The van der Waals surface area contributed by atoms with Crippen LogP contribution in [-0.2, 0) is 31.9 Å². The third-order valence-electron chi connectivity index (χ3n) is 8.55. The Kier molecular flexibility index (Phi) is 8.12. The number of aryl methyl sites for hydroxylation is 1. The molecule has 3 heterocycles. The van der Waals surface area contributed by atoms with Gasteiger partial charge < -0.3 is 14.4 Å². The van der Waals surface area contributed by atoms with Crippen LogP contribution in [0.3, 0.4) is 0 Å². The number of furan rings is 1. The van der Waals surface area contributed by atoms with E-state index < -0.39 is 18.6 Å². The van der Waals surface area contributed by atoms with Gasteiger partial charge in [-0.25, -0.2) is 0 Å². The molecule has 50 heavy (non-hydrogen) atoms. The molecule has 0 saturated heterocycles. The summed E-state index contributed by atoms with van der Waals surface area (Å²) in [4.78, 5) is 8.96. The molecule has 0 amide bonds. The van der Waals surface area contributed by atoms with E-state index >= 15 is 0 Å². The van der Waals surface area contributed by atoms with Gasteiger partial charge >= 0.3 is 0 Å². The van der Waals surface area contributed by atoms with Gasteiger partial charge in [0.15, 0.2) is 0 Å². The minimum absolute atomic E-state index is 0. The third kappa shape index (κ3) is 7.43. The summed E-state index contributed by atoms with van der Waals surface area (Å²) >= 11 is 0. The Bertz CT molecular complexity index is 2630. The molecule has 0 aliphatic carbocycles. The normalized spacial score (nSPS) is 13.8. The molecule has 0 fully saturated rings. The molecule has 253 valence electrons. The molecule has 4 heteroatoms. The summed E-state index contributed by atoms with van der Waals surface area (Å²) in [6, 6.07) is 40.0. The molecule has 3 nitrogen and oxygen atoms in total. The van der Waals surface area contributed by atoms with Crippen molar-refractivity contribution in [1.29, 1.82) is 0 Å². The number of hydrogen-bond acceptors (Lipinski definition) is 3. The van der Waals surface area contributed by atoms with Gasteiger partial charge in [-0.1, -0.05) is 114 Å². The quantitative estimate of drug-likeness (QED) is 0.131. The molecule has 8 aromatic rings. The van der Waals surface area contributed by atoms with E-state index in [1.165, 1.54) is 39.4 Å². The van der Waals surface area contributed by atoms with Gasteiger partial charge in [0.2, 0.25) is 0 Å². The van der Waals surface area contributed by atoms with Gasteiger partial charge in [-0.15, -0.1) is 53.6 Å². The first kappa shape index (κ1) is 29.1. The number of hydrogen-bond donors (Lipinski definition) is 0. The molecule has 5 aromatic carbocycles. The van der Waals surface area contributed by atoms with E-state index in [1.54, 1.807) is 24.3 Å². The van der Waals surface area contributed by atoms with Crippen molar-refractivity contribution in [3.05, 3.63) is 144 Å². The van der Waals surface area contributed by atoms with Gasteiger partial charge in [0.1, 0.15) is 5.58 Å². The summed E-state index contributed by atoms with van der Waals surface area (Å²) in [5, 5.41) is 7.14. The maximum absolute atomic E-state index is 8.25. The minimum Gasteiger partial charge on any atom is -0.501 e. The molecule has 0 aliphatic heterocycles. The van der Waals surface area contributed by atoms with Crippen molar-refractivity contribution >= 4 is 43.5 Å². The van der Waals surface area contributed by atoms with E-state index in [1.807, 2.05) is 33.0 Å². The van der Waals surface area contributed by atoms with Crippen molar-refractivity contribution in [2.45, 2.75) is 60.2 Å². The number of nitrogens with zero attached hydrogens (tertiary/aromatic N) is 2. The van der Waals surface area contributed by atoms with Crippen LogP contribution in [0.1, 0.15) is 65.1 Å². The Morgan fingerprint density at radius 1 is 0.740 bits per heavy atom. The Labute approximate surface area is 316 Å². The van der Waals surface area contributed by atoms with Crippen LogP contribution in [0.4, 0.5) is 0 Å². The standard InChI is InChI=1S/C29H22NO.C17H20N.Ir/c1-29(2,3)20-13-14-30-26(16-20)23-10-6-9-22-25-15-19-12-11-18-7-4-5-8-21(18)24(19)17-27(25)31-28(22)23;1-13-5-8-15(9-6-13)16-10-7-14(12-18-16)11-17(2,3)4;/h4-9,11-17H,1-3H3;5-8,10,12H,11H2,1-4H3;/q2*-1;/i;1D3,11D2;. The average molecular weight is 836 g/mol. The van der Waals surface area contributed by atoms with E-state index in [4.69, 9.17) is 11.3 Å². The Morgan fingerprint density at radius 2 is 1.56 bits per heavy atom. The first-order valence-corrected chi connectivity index (χ1v) is 16.6.